The van der Waals surface area contributed by atoms with Gasteiger partial charge in [-0.1, -0.05) is 0 Å². The van der Waals surface area contributed by atoms with Crippen molar-refractivity contribution >= 4 is 31.1 Å². The molecule has 1 rings (SSSR count). The second-order valence-electron chi connectivity index (χ2n) is 3.50. The zero-order chi connectivity index (χ0) is 14.2. The smallest absolute Gasteiger partial charge is 0.322 e. The number of alkyl halides is 1. The number of halogens is 2. The Kier molecular flexibility index (Phi) is 4.50. The summed E-state index contributed by atoms with van der Waals surface area (Å²) in [4.78, 5) is 38.9. The minimum atomic E-state index is -5.66. The monoisotopic (exact) mass is 363 g/mol. The fraction of sp³-hybridized carbons (Fsp3) is 0.286. The Balaban J connectivity index is 3.25. The Morgan fingerprint density at radius 2 is 1.72 bits per heavy atom. The highest BCUT2D eigenvalue weighted by molar-refractivity contribution is 9.10. The molecule has 0 saturated carbocycles. The quantitative estimate of drug-likeness (QED) is 0.594. The summed E-state index contributed by atoms with van der Waals surface area (Å²) in [5.74, 6) is 0. The normalized spacial score (nSPS) is 13.7. The fourth-order valence-electron chi connectivity index (χ4n) is 1.19. The Hall–Kier alpha value is -0.140. The van der Waals surface area contributed by atoms with Gasteiger partial charge in [0.05, 0.1) is 0 Å². The summed E-state index contributed by atoms with van der Waals surface area (Å²) in [5.41, 5.74) is -0.0569. The van der Waals surface area contributed by atoms with Gasteiger partial charge in [0, 0.05) is 23.3 Å². The van der Waals surface area contributed by atoms with Crippen molar-refractivity contribution in [2.75, 3.05) is 0 Å². The fourth-order valence-corrected chi connectivity index (χ4v) is 3.73. The summed E-state index contributed by atoms with van der Waals surface area (Å²) in [6.45, 7) is 0. The lowest BCUT2D eigenvalue weighted by atomic mass is 10.2. The highest BCUT2D eigenvalue weighted by atomic mass is 79.9. The molecular weight excluding hydrogens is 355 g/mol. The summed E-state index contributed by atoms with van der Waals surface area (Å²) >= 11 is 3.00. The van der Waals surface area contributed by atoms with Crippen molar-refractivity contribution in [3.05, 3.63) is 28.5 Å². The summed E-state index contributed by atoms with van der Waals surface area (Å²) < 4.78 is 36.4. The Labute approximate surface area is 110 Å². The van der Waals surface area contributed by atoms with Crippen molar-refractivity contribution in [3.8, 4) is 0 Å². The predicted molar refractivity (Wildman–Crippen MR) is 63.6 cm³/mol. The van der Waals surface area contributed by atoms with Crippen LogP contribution in [0, 0.1) is 0 Å². The van der Waals surface area contributed by atoms with Gasteiger partial charge in [0.15, 0.2) is 0 Å². The van der Waals surface area contributed by atoms with E-state index in [1.54, 1.807) is 0 Å². The summed E-state index contributed by atoms with van der Waals surface area (Å²) in [6, 6.07) is 1.26. The maximum absolute atomic E-state index is 14.1. The van der Waals surface area contributed by atoms with Crippen LogP contribution in [0.15, 0.2) is 22.9 Å². The van der Waals surface area contributed by atoms with Crippen LogP contribution in [0.4, 0.5) is 4.39 Å². The molecule has 0 aliphatic heterocycles. The van der Waals surface area contributed by atoms with E-state index < -0.39 is 26.8 Å². The van der Waals surface area contributed by atoms with Crippen LogP contribution in [-0.4, -0.2) is 29.7 Å². The minimum Gasteiger partial charge on any atom is -0.322 e. The number of hydrogen-bond acceptors (Lipinski definition) is 3. The van der Waals surface area contributed by atoms with E-state index in [2.05, 4.69) is 20.9 Å². The van der Waals surface area contributed by atoms with E-state index in [-0.39, 0.29) is 5.56 Å². The molecule has 0 bridgehead atoms. The number of rotatable bonds is 4. The first kappa shape index (κ1) is 15.9. The van der Waals surface area contributed by atoms with Gasteiger partial charge >= 0.3 is 20.3 Å². The van der Waals surface area contributed by atoms with Crippen molar-refractivity contribution < 1.29 is 33.1 Å². The van der Waals surface area contributed by atoms with Gasteiger partial charge in [0.2, 0.25) is 0 Å². The van der Waals surface area contributed by atoms with E-state index in [9.17, 15) is 13.5 Å². The van der Waals surface area contributed by atoms with Crippen LogP contribution in [0.1, 0.15) is 5.56 Å². The molecule has 0 fully saturated rings. The van der Waals surface area contributed by atoms with Crippen LogP contribution < -0.4 is 0 Å². The zero-order valence-electron chi connectivity index (χ0n) is 8.64. The van der Waals surface area contributed by atoms with E-state index in [4.69, 9.17) is 19.6 Å². The lowest BCUT2D eigenvalue weighted by Crippen LogP contribution is -2.26. The SMILES string of the molecule is O=P(O)(O)C(F)(Cc1cncc(Br)c1)P(=O)(O)O. The van der Waals surface area contributed by atoms with Gasteiger partial charge in [-0.15, -0.1) is 0 Å². The Bertz CT molecular complexity index is 520. The molecular formula is C7H9BrFNO6P2. The average Bonchev–Trinajstić information content (AvgIpc) is 2.13. The van der Waals surface area contributed by atoms with Gasteiger partial charge in [0.25, 0.3) is 0 Å². The topological polar surface area (TPSA) is 128 Å². The second kappa shape index (κ2) is 5.09. The van der Waals surface area contributed by atoms with Gasteiger partial charge in [-0.05, 0) is 27.6 Å². The number of pyridine rings is 1. The molecule has 0 aliphatic rings. The second-order valence-corrected chi connectivity index (χ2v) is 8.36. The number of nitrogens with zero attached hydrogens (tertiary/aromatic N) is 1. The third-order valence-corrected chi connectivity index (χ3v) is 6.18. The van der Waals surface area contributed by atoms with Gasteiger partial charge in [-0.25, -0.2) is 4.39 Å². The third-order valence-electron chi connectivity index (χ3n) is 2.08. The molecule has 0 radical (unpaired) electrons. The van der Waals surface area contributed by atoms with Crippen LogP contribution >= 0.6 is 31.1 Å². The lowest BCUT2D eigenvalue weighted by molar-refractivity contribution is 0.222. The van der Waals surface area contributed by atoms with E-state index in [0.29, 0.717) is 4.47 Å². The molecule has 18 heavy (non-hydrogen) atoms. The molecule has 0 atom stereocenters. The third kappa shape index (κ3) is 3.24. The molecule has 1 aromatic rings. The minimum absolute atomic E-state index is 0.0569. The first-order valence-corrected chi connectivity index (χ1v) is 8.39. The molecule has 1 heterocycles. The van der Waals surface area contributed by atoms with Gasteiger partial charge in [0.1, 0.15) is 0 Å². The van der Waals surface area contributed by atoms with Crippen molar-refractivity contribution in [1.29, 1.82) is 0 Å². The van der Waals surface area contributed by atoms with Crippen molar-refractivity contribution in [2.45, 2.75) is 11.6 Å². The average molecular weight is 364 g/mol. The maximum atomic E-state index is 14.1. The highest BCUT2D eigenvalue weighted by Crippen LogP contribution is 2.71. The molecule has 102 valence electrons. The first-order valence-electron chi connectivity index (χ1n) is 4.37. The van der Waals surface area contributed by atoms with E-state index in [0.717, 1.165) is 6.20 Å². The van der Waals surface area contributed by atoms with E-state index in [1.165, 1.54) is 12.3 Å². The number of aromatic nitrogens is 1. The van der Waals surface area contributed by atoms with Crippen molar-refractivity contribution in [3.63, 3.8) is 0 Å². The van der Waals surface area contributed by atoms with Crippen LogP contribution in [0.25, 0.3) is 0 Å². The maximum Gasteiger partial charge on any atom is 0.375 e. The molecule has 0 aliphatic carbocycles. The zero-order valence-corrected chi connectivity index (χ0v) is 12.0. The predicted octanol–water partition coefficient (Wildman–Crippen LogP) is 1.37. The van der Waals surface area contributed by atoms with Crippen molar-refractivity contribution in [2.24, 2.45) is 0 Å². The molecule has 0 saturated heterocycles. The van der Waals surface area contributed by atoms with E-state index in [1.807, 2.05) is 0 Å². The molecule has 0 aromatic carbocycles. The highest BCUT2D eigenvalue weighted by Gasteiger charge is 2.61. The van der Waals surface area contributed by atoms with Gasteiger partial charge in [-0.3, -0.25) is 14.1 Å². The molecule has 0 spiro atoms. The standard InChI is InChI=1S/C7H9BrFNO6P2/c8-6-1-5(3-10-4-6)2-7(9,17(11,12)13)18(14,15)16/h1,3-4H,2H2,(H2,11,12,13)(H2,14,15,16). The van der Waals surface area contributed by atoms with Crippen LogP contribution in [0.2, 0.25) is 0 Å². The van der Waals surface area contributed by atoms with Crippen LogP contribution in [-0.2, 0) is 15.6 Å². The Morgan fingerprint density at radius 3 is 2.11 bits per heavy atom. The molecule has 11 heteroatoms. The van der Waals surface area contributed by atoms with Gasteiger partial charge in [-0.2, -0.15) is 0 Å². The molecule has 7 nitrogen and oxygen atoms in total. The Morgan fingerprint density at radius 1 is 1.22 bits per heavy atom. The van der Waals surface area contributed by atoms with Crippen molar-refractivity contribution in [1.82, 2.24) is 4.98 Å². The van der Waals surface area contributed by atoms with E-state index >= 15 is 0 Å². The van der Waals surface area contributed by atoms with Crippen LogP contribution in [0.5, 0.6) is 0 Å². The molecule has 4 N–H and O–H groups in total. The molecule has 0 unspecified atom stereocenters. The largest absolute Gasteiger partial charge is 0.375 e. The summed E-state index contributed by atoms with van der Waals surface area (Å²) in [6.07, 6.45) is 1.25. The van der Waals surface area contributed by atoms with Crippen LogP contribution in [0.3, 0.4) is 0 Å². The summed E-state index contributed by atoms with van der Waals surface area (Å²) in [5, 5.41) is -3.96. The van der Waals surface area contributed by atoms with Gasteiger partial charge < -0.3 is 19.6 Å². The number of hydrogen-bond donors (Lipinski definition) is 4. The lowest BCUT2D eigenvalue weighted by Gasteiger charge is -2.26. The first-order chi connectivity index (χ1) is 7.97. The molecule has 1 aromatic heterocycles. The summed E-state index contributed by atoms with van der Waals surface area (Å²) in [7, 11) is -11.3. The molecule has 0 amide bonds.